The van der Waals surface area contributed by atoms with Gasteiger partial charge in [0.05, 0.1) is 27.5 Å². The summed E-state index contributed by atoms with van der Waals surface area (Å²) in [4.78, 5) is 4.35. The number of hydrogen-bond acceptors (Lipinski definition) is 3. The van der Waals surface area contributed by atoms with E-state index < -0.39 is 0 Å². The van der Waals surface area contributed by atoms with Crippen LogP contribution in [-0.4, -0.2) is 11.2 Å². The molecule has 0 atom stereocenters. The third kappa shape index (κ3) is 2.99. The van der Waals surface area contributed by atoms with Crippen LogP contribution in [0.2, 0.25) is 10.0 Å². The van der Waals surface area contributed by atoms with Crippen LogP contribution in [-0.2, 0) is 0 Å². The van der Waals surface area contributed by atoms with E-state index in [1.54, 1.807) is 18.5 Å². The minimum atomic E-state index is 0.487. The molecule has 3 rings (SSSR count). The Morgan fingerprint density at radius 1 is 1.00 bits per heavy atom. The maximum Gasteiger partial charge on any atom is 0.0951 e. The number of halogens is 2. The van der Waals surface area contributed by atoms with E-state index in [4.69, 9.17) is 23.2 Å². The molecule has 3 nitrogen and oxygen atoms in total. The predicted octanol–water partition coefficient (Wildman–Crippen LogP) is 4.99. The van der Waals surface area contributed by atoms with Crippen molar-refractivity contribution >= 4 is 46.0 Å². The van der Waals surface area contributed by atoms with Crippen LogP contribution >= 0.6 is 23.2 Å². The van der Waals surface area contributed by atoms with Gasteiger partial charge in [-0.15, -0.1) is 0 Å². The van der Waals surface area contributed by atoms with Crippen molar-refractivity contribution in [3.05, 3.63) is 70.3 Å². The van der Waals surface area contributed by atoms with Crippen LogP contribution in [0.15, 0.2) is 59.8 Å². The van der Waals surface area contributed by atoms with Crippen LogP contribution in [0.4, 0.5) is 5.69 Å². The fraction of sp³-hybridized carbons (Fsp3) is 0. The third-order valence-corrected chi connectivity index (χ3v) is 3.84. The Bertz CT molecular complexity index is 810. The van der Waals surface area contributed by atoms with Crippen molar-refractivity contribution in [2.24, 2.45) is 5.10 Å². The summed E-state index contributed by atoms with van der Waals surface area (Å²) in [6, 6.07) is 15.2. The van der Waals surface area contributed by atoms with Gasteiger partial charge >= 0.3 is 0 Å². The van der Waals surface area contributed by atoms with Crippen molar-refractivity contribution in [2.45, 2.75) is 0 Å². The van der Waals surface area contributed by atoms with Crippen molar-refractivity contribution in [3.63, 3.8) is 0 Å². The number of benzene rings is 2. The molecule has 1 N–H and O–H groups in total. The monoisotopic (exact) mass is 315 g/mol. The van der Waals surface area contributed by atoms with Crippen molar-refractivity contribution in [3.8, 4) is 0 Å². The number of anilines is 1. The maximum atomic E-state index is 6.11. The molecule has 5 heteroatoms. The number of nitrogens with zero attached hydrogens (tertiary/aromatic N) is 2. The number of para-hydroxylation sites is 1. The van der Waals surface area contributed by atoms with Gasteiger partial charge in [0.15, 0.2) is 0 Å². The normalized spacial score (nSPS) is 11.1. The van der Waals surface area contributed by atoms with E-state index >= 15 is 0 Å². The summed E-state index contributed by atoms with van der Waals surface area (Å²) < 4.78 is 0. The summed E-state index contributed by atoms with van der Waals surface area (Å²) in [6.07, 6.45) is 3.39. The first-order valence-electron chi connectivity index (χ1n) is 6.32. The van der Waals surface area contributed by atoms with Gasteiger partial charge in [-0.2, -0.15) is 5.10 Å². The van der Waals surface area contributed by atoms with Gasteiger partial charge in [-0.3, -0.25) is 10.4 Å². The molecule has 0 fully saturated rings. The molecule has 0 spiro atoms. The molecule has 21 heavy (non-hydrogen) atoms. The lowest BCUT2D eigenvalue weighted by Crippen LogP contribution is -1.93. The first-order chi connectivity index (χ1) is 10.3. The minimum Gasteiger partial charge on any atom is -0.276 e. The summed E-state index contributed by atoms with van der Waals surface area (Å²) in [6.45, 7) is 0. The highest BCUT2D eigenvalue weighted by atomic mass is 35.5. The van der Waals surface area contributed by atoms with Crippen LogP contribution < -0.4 is 5.43 Å². The second-order valence-electron chi connectivity index (χ2n) is 4.39. The van der Waals surface area contributed by atoms with Gasteiger partial charge in [0.1, 0.15) is 0 Å². The molecule has 1 heterocycles. The zero-order chi connectivity index (χ0) is 14.7. The fourth-order valence-corrected chi connectivity index (χ4v) is 2.34. The van der Waals surface area contributed by atoms with E-state index in [1.807, 2.05) is 42.5 Å². The Kier molecular flexibility index (Phi) is 4.04. The Balaban J connectivity index is 1.86. The third-order valence-electron chi connectivity index (χ3n) is 3.00. The van der Waals surface area contributed by atoms with Crippen LogP contribution in [0.1, 0.15) is 5.56 Å². The molecule has 1 aromatic heterocycles. The summed E-state index contributed by atoms with van der Waals surface area (Å²) in [5.41, 5.74) is 5.45. The van der Waals surface area contributed by atoms with Crippen molar-refractivity contribution < 1.29 is 0 Å². The van der Waals surface area contributed by atoms with Crippen molar-refractivity contribution in [2.75, 3.05) is 5.43 Å². The second-order valence-corrected chi connectivity index (χ2v) is 5.18. The molecule has 0 aliphatic rings. The van der Waals surface area contributed by atoms with Crippen LogP contribution in [0.3, 0.4) is 0 Å². The number of rotatable bonds is 3. The molecule has 0 saturated heterocycles. The van der Waals surface area contributed by atoms with Crippen LogP contribution in [0.25, 0.3) is 10.9 Å². The zero-order valence-electron chi connectivity index (χ0n) is 10.9. The average molecular weight is 316 g/mol. The lowest BCUT2D eigenvalue weighted by molar-refractivity contribution is 1.33. The van der Waals surface area contributed by atoms with Crippen LogP contribution in [0.5, 0.6) is 0 Å². The van der Waals surface area contributed by atoms with E-state index in [0.717, 1.165) is 22.2 Å². The molecule has 0 unspecified atom stereocenters. The highest BCUT2D eigenvalue weighted by Crippen LogP contribution is 2.24. The smallest absolute Gasteiger partial charge is 0.0951 e. The minimum absolute atomic E-state index is 0.487. The van der Waals surface area contributed by atoms with E-state index in [9.17, 15) is 0 Å². The average Bonchev–Trinajstić information content (AvgIpc) is 2.52. The summed E-state index contributed by atoms with van der Waals surface area (Å²) in [5.74, 6) is 0. The molecule has 0 radical (unpaired) electrons. The number of nitrogens with one attached hydrogen (secondary N) is 1. The maximum absolute atomic E-state index is 6.11. The van der Waals surface area contributed by atoms with Gasteiger partial charge in [-0.25, -0.2) is 0 Å². The van der Waals surface area contributed by atoms with E-state index in [2.05, 4.69) is 15.5 Å². The molecule has 3 aromatic rings. The Labute approximate surface area is 132 Å². The van der Waals surface area contributed by atoms with Gasteiger partial charge in [0.2, 0.25) is 0 Å². The molecular weight excluding hydrogens is 305 g/mol. The molecule has 0 aliphatic heterocycles. The quantitative estimate of drug-likeness (QED) is 0.546. The second kappa shape index (κ2) is 6.12. The van der Waals surface area contributed by atoms with Gasteiger partial charge in [0.25, 0.3) is 0 Å². The molecule has 0 amide bonds. The molecule has 0 saturated carbocycles. The topological polar surface area (TPSA) is 37.3 Å². The van der Waals surface area contributed by atoms with E-state index in [-0.39, 0.29) is 0 Å². The summed E-state index contributed by atoms with van der Waals surface area (Å²) >= 11 is 12.1. The van der Waals surface area contributed by atoms with Gasteiger partial charge < -0.3 is 0 Å². The number of aromatic nitrogens is 1. The first-order valence-corrected chi connectivity index (χ1v) is 7.08. The lowest BCUT2D eigenvalue weighted by atomic mass is 10.2. The Morgan fingerprint density at radius 2 is 1.81 bits per heavy atom. The molecule has 0 bridgehead atoms. The van der Waals surface area contributed by atoms with Crippen molar-refractivity contribution in [1.82, 2.24) is 4.98 Å². The molecule has 104 valence electrons. The highest BCUT2D eigenvalue weighted by Gasteiger charge is 2.02. The SMILES string of the molecule is Clc1cccc(/C=N\Nc2cccc3cccnc23)c1Cl. The molecule has 2 aromatic carbocycles. The number of fused-ring (bicyclic) bond motifs is 1. The standard InChI is InChI=1S/C16H11Cl2N3/c17-13-7-1-5-12(15(13)18)10-20-21-14-8-2-4-11-6-3-9-19-16(11)14/h1-10,21H/b20-10-. The van der Waals surface area contributed by atoms with E-state index in [1.165, 1.54) is 0 Å². The first kappa shape index (κ1) is 13.9. The van der Waals surface area contributed by atoms with Crippen molar-refractivity contribution in [1.29, 1.82) is 0 Å². The number of pyridine rings is 1. The van der Waals surface area contributed by atoms with Gasteiger partial charge in [-0.1, -0.05) is 53.5 Å². The number of hydrogen-bond donors (Lipinski definition) is 1. The fourth-order valence-electron chi connectivity index (χ4n) is 1.99. The largest absolute Gasteiger partial charge is 0.276 e. The predicted molar refractivity (Wildman–Crippen MR) is 89.4 cm³/mol. The molecular formula is C16H11Cl2N3. The zero-order valence-corrected chi connectivity index (χ0v) is 12.4. The van der Waals surface area contributed by atoms with Gasteiger partial charge in [0, 0.05) is 17.1 Å². The van der Waals surface area contributed by atoms with Crippen LogP contribution in [0, 0.1) is 0 Å². The molecule has 0 aliphatic carbocycles. The number of hydrazone groups is 1. The Hall–Kier alpha value is -2.10. The summed E-state index contributed by atoms with van der Waals surface area (Å²) in [7, 11) is 0. The van der Waals surface area contributed by atoms with Gasteiger partial charge in [-0.05, 0) is 18.2 Å². The summed E-state index contributed by atoms with van der Waals surface area (Å²) in [5, 5.41) is 6.25. The lowest BCUT2D eigenvalue weighted by Gasteiger charge is -2.04. The van der Waals surface area contributed by atoms with E-state index in [0.29, 0.717) is 10.0 Å². The highest BCUT2D eigenvalue weighted by molar-refractivity contribution is 6.43. The Morgan fingerprint density at radius 3 is 2.71 bits per heavy atom.